The number of hydrogen-bond donors (Lipinski definition) is 0. The minimum Gasteiger partial charge on any atom is -0.490 e. The van der Waals surface area contributed by atoms with Crippen LogP contribution in [0.1, 0.15) is 36.6 Å². The van der Waals surface area contributed by atoms with Crippen LogP contribution in [0.5, 0.6) is 17.2 Å². The number of halogens is 3. The Morgan fingerprint density at radius 1 is 1.02 bits per heavy atom. The van der Waals surface area contributed by atoms with Crippen molar-refractivity contribution in [1.82, 2.24) is 4.57 Å². The number of methoxy groups -OCH3 is 1. The Kier molecular flexibility index (Phi) is 10.4. The van der Waals surface area contributed by atoms with Gasteiger partial charge in [-0.25, -0.2) is 14.2 Å². The first kappa shape index (κ1) is 32.2. The highest BCUT2D eigenvalue weighted by Crippen LogP contribution is 2.35. The number of rotatable bonds is 10. The van der Waals surface area contributed by atoms with E-state index in [-0.39, 0.29) is 23.6 Å². The van der Waals surface area contributed by atoms with E-state index in [1.165, 1.54) is 41.3 Å². The fraction of sp³-hybridized carbons (Fsp3) is 0.219. The predicted molar refractivity (Wildman–Crippen MR) is 183 cm³/mol. The van der Waals surface area contributed by atoms with E-state index < -0.39 is 12.0 Å². The molecule has 1 aliphatic heterocycles. The van der Waals surface area contributed by atoms with Crippen molar-refractivity contribution >= 4 is 68.6 Å². The van der Waals surface area contributed by atoms with E-state index in [9.17, 15) is 14.0 Å². The monoisotopic (exact) mass is 840 g/mol. The van der Waals surface area contributed by atoms with Crippen LogP contribution in [0.3, 0.4) is 0 Å². The number of esters is 1. The molecule has 0 saturated carbocycles. The van der Waals surface area contributed by atoms with Crippen LogP contribution in [0.2, 0.25) is 0 Å². The summed E-state index contributed by atoms with van der Waals surface area (Å²) in [7, 11) is 1.30. The van der Waals surface area contributed by atoms with E-state index in [0.717, 1.165) is 18.3 Å². The van der Waals surface area contributed by atoms with Crippen LogP contribution in [-0.4, -0.2) is 30.9 Å². The Labute approximate surface area is 284 Å². The van der Waals surface area contributed by atoms with Gasteiger partial charge in [0.15, 0.2) is 16.3 Å². The van der Waals surface area contributed by atoms with Crippen molar-refractivity contribution in [1.29, 1.82) is 0 Å². The average Bonchev–Trinajstić information content (AvgIpc) is 3.31. The number of fused-ring (bicyclic) bond motifs is 1. The molecule has 0 saturated heterocycles. The molecule has 3 aromatic carbocycles. The zero-order valence-electron chi connectivity index (χ0n) is 23.9. The molecule has 5 rings (SSSR count). The van der Waals surface area contributed by atoms with Gasteiger partial charge in [-0.05, 0) is 118 Å². The van der Waals surface area contributed by atoms with Crippen molar-refractivity contribution in [2.75, 3.05) is 20.3 Å². The van der Waals surface area contributed by atoms with Crippen LogP contribution in [0.15, 0.2) is 76.2 Å². The first-order chi connectivity index (χ1) is 21.2. The van der Waals surface area contributed by atoms with E-state index in [2.05, 4.69) is 50.2 Å². The van der Waals surface area contributed by atoms with Gasteiger partial charge in [0.1, 0.15) is 18.2 Å². The number of aromatic nitrogens is 1. The molecule has 0 fully saturated rings. The lowest BCUT2D eigenvalue weighted by molar-refractivity contribution is -0.136. The molecule has 4 aromatic rings. The quantitative estimate of drug-likeness (QED) is 0.150. The van der Waals surface area contributed by atoms with Gasteiger partial charge >= 0.3 is 5.97 Å². The second-order valence-corrected chi connectivity index (χ2v) is 12.8. The van der Waals surface area contributed by atoms with Gasteiger partial charge in [-0.1, -0.05) is 29.5 Å². The number of benzene rings is 3. The highest BCUT2D eigenvalue weighted by atomic mass is 127. The van der Waals surface area contributed by atoms with Crippen LogP contribution in [0.4, 0.5) is 4.39 Å². The molecule has 8 nitrogen and oxygen atoms in total. The lowest BCUT2D eigenvalue weighted by Gasteiger charge is -2.23. The number of nitrogens with zero attached hydrogens (tertiary/aromatic N) is 2. The highest BCUT2D eigenvalue weighted by Gasteiger charge is 2.31. The summed E-state index contributed by atoms with van der Waals surface area (Å²) in [6, 6.07) is 14.7. The van der Waals surface area contributed by atoms with Gasteiger partial charge in [0.25, 0.3) is 5.56 Å². The fourth-order valence-corrected chi connectivity index (χ4v) is 7.82. The smallest absolute Gasteiger partial charge is 0.337 e. The molecule has 0 spiro atoms. The third-order valence-corrected chi connectivity index (χ3v) is 9.20. The molecule has 12 heteroatoms. The number of carbonyl (C=O) groups excluding carboxylic acids is 1. The Morgan fingerprint density at radius 2 is 1.75 bits per heavy atom. The maximum absolute atomic E-state index is 13.9. The maximum atomic E-state index is 13.9. The van der Waals surface area contributed by atoms with Crippen molar-refractivity contribution in [3.05, 3.63) is 116 Å². The summed E-state index contributed by atoms with van der Waals surface area (Å²) >= 11 is 5.61. The van der Waals surface area contributed by atoms with Gasteiger partial charge in [0.2, 0.25) is 0 Å². The third-order valence-electron chi connectivity index (χ3n) is 6.60. The van der Waals surface area contributed by atoms with Crippen molar-refractivity contribution in [2.45, 2.75) is 26.5 Å². The predicted octanol–water partition coefficient (Wildman–Crippen LogP) is 5.74. The van der Waals surface area contributed by atoms with Crippen molar-refractivity contribution in [2.24, 2.45) is 4.99 Å². The standard InChI is InChI=1S/C32H27FI2N2O6S/c1-4-41-25-10-9-20(15-26(25)42-5-2)28-22(31(39)40-3)16-36-32-37(28)30(38)27(44-32)14-19-12-23(34)29(24(35)13-19)43-17-18-7-6-8-21(33)11-18/h6-16,28H,4-5,17H2,1-3H3/b27-14-/t28-/m0/s1. The van der Waals surface area contributed by atoms with E-state index in [4.69, 9.17) is 18.9 Å². The van der Waals surface area contributed by atoms with E-state index in [1.54, 1.807) is 30.3 Å². The number of carbonyl (C=O) groups is 1. The fourth-order valence-electron chi connectivity index (χ4n) is 4.72. The van der Waals surface area contributed by atoms with Crippen molar-refractivity contribution < 1.29 is 28.1 Å². The second-order valence-electron chi connectivity index (χ2n) is 9.48. The Hall–Kier alpha value is -3.24. The molecule has 0 aliphatic carbocycles. The first-order valence-corrected chi connectivity index (χ1v) is 16.6. The highest BCUT2D eigenvalue weighted by molar-refractivity contribution is 14.1. The Bertz CT molecular complexity index is 1910. The van der Waals surface area contributed by atoms with Gasteiger partial charge < -0.3 is 18.9 Å². The van der Waals surface area contributed by atoms with Gasteiger partial charge in [0, 0.05) is 6.20 Å². The molecule has 0 radical (unpaired) electrons. The van der Waals surface area contributed by atoms with Crippen LogP contribution in [0, 0.1) is 13.0 Å². The van der Waals surface area contributed by atoms with Crippen LogP contribution >= 0.6 is 56.5 Å². The molecule has 0 amide bonds. The zero-order valence-corrected chi connectivity index (χ0v) is 29.1. The zero-order chi connectivity index (χ0) is 31.4. The van der Waals surface area contributed by atoms with Crippen LogP contribution in [0.25, 0.3) is 6.08 Å². The third kappa shape index (κ3) is 6.86. The van der Waals surface area contributed by atoms with E-state index >= 15 is 0 Å². The molecule has 0 N–H and O–H groups in total. The molecule has 1 atom stereocenters. The van der Waals surface area contributed by atoms with Crippen molar-refractivity contribution in [3.8, 4) is 17.2 Å². The van der Waals surface area contributed by atoms with Crippen LogP contribution < -0.4 is 29.1 Å². The van der Waals surface area contributed by atoms with Crippen LogP contribution in [-0.2, 0) is 16.1 Å². The van der Waals surface area contributed by atoms with Gasteiger partial charge in [-0.2, -0.15) is 0 Å². The summed E-state index contributed by atoms with van der Waals surface area (Å²) in [5.41, 5.74) is 2.10. The van der Waals surface area contributed by atoms with E-state index in [0.29, 0.717) is 45.4 Å². The lowest BCUT2D eigenvalue weighted by atomic mass is 9.97. The minimum absolute atomic E-state index is 0.223. The molecule has 228 valence electrons. The molecule has 2 heterocycles. The maximum Gasteiger partial charge on any atom is 0.337 e. The molecular formula is C32H27FI2N2O6S. The average molecular weight is 840 g/mol. The SMILES string of the molecule is CCOc1ccc([C@H]2C(C(=O)OC)=CN=c3s/c(=C\c4cc(I)c(OCc5cccc(F)c5)c(I)c4)c(=O)n32)cc1OCC. The molecule has 1 aliphatic rings. The molecule has 0 bridgehead atoms. The van der Waals surface area contributed by atoms with Gasteiger partial charge in [0.05, 0.1) is 43.6 Å². The summed E-state index contributed by atoms with van der Waals surface area (Å²) in [6.07, 6.45) is 3.26. The summed E-state index contributed by atoms with van der Waals surface area (Å²) < 4.78 is 39.8. The summed E-state index contributed by atoms with van der Waals surface area (Å²) in [5, 5.41) is 0. The minimum atomic E-state index is -0.783. The first-order valence-electron chi connectivity index (χ1n) is 13.6. The summed E-state index contributed by atoms with van der Waals surface area (Å²) in [4.78, 5) is 31.7. The number of hydrogen-bond acceptors (Lipinski definition) is 8. The van der Waals surface area contributed by atoms with Gasteiger partial charge in [-0.15, -0.1) is 0 Å². The lowest BCUT2D eigenvalue weighted by Crippen LogP contribution is -2.39. The second kappa shape index (κ2) is 14.2. The molecule has 44 heavy (non-hydrogen) atoms. The summed E-state index contributed by atoms with van der Waals surface area (Å²) in [5.74, 6) is 0.862. The normalized spacial score (nSPS) is 14.4. The topological polar surface area (TPSA) is 88.4 Å². The van der Waals surface area contributed by atoms with E-state index in [1.807, 2.05) is 32.0 Å². The molecular weight excluding hydrogens is 813 g/mol. The Balaban J connectivity index is 1.54. The number of thiazole rings is 1. The molecule has 0 unspecified atom stereocenters. The van der Waals surface area contributed by atoms with Gasteiger partial charge in [-0.3, -0.25) is 9.36 Å². The molecule has 1 aromatic heterocycles. The largest absolute Gasteiger partial charge is 0.490 e. The Morgan fingerprint density at radius 3 is 2.43 bits per heavy atom. The van der Waals surface area contributed by atoms with Crippen molar-refractivity contribution in [3.63, 3.8) is 0 Å². The number of ether oxygens (including phenoxy) is 4. The summed E-state index contributed by atoms with van der Waals surface area (Å²) in [6.45, 7) is 4.85.